The number of hydrogen-bond donors (Lipinski definition) is 3. The number of rotatable bonds is 4. The van der Waals surface area contributed by atoms with Gasteiger partial charge >= 0.3 is 23.3 Å². The van der Waals surface area contributed by atoms with E-state index in [-0.39, 0.29) is 0 Å². The fourth-order valence-corrected chi connectivity index (χ4v) is 6.57. The van der Waals surface area contributed by atoms with Crippen LogP contribution >= 0.6 is 54.5 Å². The smallest absolute Gasteiger partial charge is 0.329 e. The van der Waals surface area contributed by atoms with Gasteiger partial charge in [0, 0.05) is 1.37 Å². The molecular weight excluding hydrogens is 696 g/mol. The van der Waals surface area contributed by atoms with Crippen LogP contribution in [-0.2, 0) is 27.4 Å². The third-order valence-corrected chi connectivity index (χ3v) is 9.18. The lowest BCUT2D eigenvalue weighted by molar-refractivity contribution is -0.155. The van der Waals surface area contributed by atoms with Gasteiger partial charge in [0.1, 0.15) is 28.4 Å². The van der Waals surface area contributed by atoms with Crippen LogP contribution in [0.25, 0.3) is 20.4 Å². The summed E-state index contributed by atoms with van der Waals surface area (Å²) < 4.78 is 14.4. The van der Waals surface area contributed by atoms with Gasteiger partial charge < -0.3 is 9.84 Å². The van der Waals surface area contributed by atoms with Crippen molar-refractivity contribution in [2.45, 2.75) is 67.1 Å². The predicted octanol–water partition coefficient (Wildman–Crippen LogP) is 4.10. The summed E-state index contributed by atoms with van der Waals surface area (Å²) in [6.45, 7) is 9.92. The third-order valence-electron chi connectivity index (χ3n) is 5.03. The summed E-state index contributed by atoms with van der Waals surface area (Å²) in [6, 6.07) is 0. The molecule has 3 N–H and O–H groups in total. The SMILES string of the molecule is Cc1c(Br)sc2[nH]c(=O)n(CC(=O)O)c(=O)c12.Cc1c(Br)sc2[nH]c(=O)n(CC(=O)OC(C)(C)C)c(=O)c12.[2H]CC. The van der Waals surface area contributed by atoms with Crippen LogP contribution in [0.4, 0.5) is 0 Å². The third kappa shape index (κ3) is 7.47. The molecule has 0 atom stereocenters. The number of carbonyl (C=O) groups is 2. The van der Waals surface area contributed by atoms with Gasteiger partial charge in [-0.25, -0.2) is 18.7 Å². The van der Waals surface area contributed by atoms with Crippen molar-refractivity contribution in [3.8, 4) is 0 Å². The standard InChI is InChI=1S/C13H15BrN2O4S.C9H7BrN2O4S.C2H6/c1-6-8-10(21-9(6)14)15-12(19)16(11(8)18)5-7(17)20-13(2,3)4;1-3-5-7(17-6(3)10)11-9(16)12(8(5)15)2-4(13)14;1-2/h5H2,1-4H3,(H,15,19);2H2,1H3,(H,11,16)(H,13,14);1-2H3/i;;1D. The highest BCUT2D eigenvalue weighted by Crippen LogP contribution is 2.31. The molecule has 0 unspecified atom stereocenters. The van der Waals surface area contributed by atoms with Crippen molar-refractivity contribution in [3.63, 3.8) is 0 Å². The first-order chi connectivity index (χ1) is 18.9. The van der Waals surface area contributed by atoms with Crippen LogP contribution in [0.2, 0.25) is 0 Å². The molecule has 0 bridgehead atoms. The number of hydrogen-bond acceptors (Lipinski definition) is 9. The van der Waals surface area contributed by atoms with Gasteiger partial charge in [-0.15, -0.1) is 22.7 Å². The van der Waals surface area contributed by atoms with Gasteiger partial charge in [0.15, 0.2) is 0 Å². The number of carboxylic acids is 1. The number of aliphatic carboxylic acids is 1. The zero-order chi connectivity index (χ0) is 31.4. The maximum atomic E-state index is 12.4. The number of aromatic nitrogens is 4. The quantitative estimate of drug-likeness (QED) is 0.264. The Labute approximate surface area is 253 Å². The minimum Gasteiger partial charge on any atom is -0.480 e. The molecule has 4 heterocycles. The minimum atomic E-state index is -1.23. The van der Waals surface area contributed by atoms with Crippen molar-refractivity contribution >= 4 is 86.9 Å². The molecule has 0 aliphatic rings. The Morgan fingerprint density at radius 1 is 0.900 bits per heavy atom. The number of esters is 1. The summed E-state index contributed by atoms with van der Waals surface area (Å²) in [5, 5.41) is 9.41. The van der Waals surface area contributed by atoms with E-state index < -0.39 is 53.1 Å². The second-order valence-corrected chi connectivity index (χ2v) is 13.7. The molecule has 0 saturated carbocycles. The van der Waals surface area contributed by atoms with E-state index in [2.05, 4.69) is 41.8 Å². The second kappa shape index (κ2) is 13.2. The van der Waals surface area contributed by atoms with Crippen LogP contribution in [0.1, 0.15) is 47.1 Å². The first-order valence-electron chi connectivity index (χ1n) is 12.2. The highest BCUT2D eigenvalue weighted by atomic mass is 79.9. The van der Waals surface area contributed by atoms with E-state index in [1.54, 1.807) is 41.5 Å². The molecule has 218 valence electrons. The number of thiophene rings is 2. The summed E-state index contributed by atoms with van der Waals surface area (Å²) >= 11 is 9.13. The number of carbonyl (C=O) groups excluding carboxylic acids is 1. The topological polar surface area (TPSA) is 173 Å². The minimum absolute atomic E-state index is 0.350. The second-order valence-electron chi connectivity index (χ2n) is 9.03. The number of nitrogens with zero attached hydrogens (tertiary/aromatic N) is 2. The molecule has 0 aliphatic heterocycles. The maximum Gasteiger partial charge on any atom is 0.329 e. The van der Waals surface area contributed by atoms with Crippen LogP contribution in [-0.4, -0.2) is 41.7 Å². The van der Waals surface area contributed by atoms with Gasteiger partial charge in [0.05, 0.1) is 18.3 Å². The normalized spacial score (nSPS) is 11.3. The highest BCUT2D eigenvalue weighted by molar-refractivity contribution is 9.11. The largest absolute Gasteiger partial charge is 0.480 e. The van der Waals surface area contributed by atoms with Crippen molar-refractivity contribution < 1.29 is 20.8 Å². The number of carboxylic acid groups (broad SMARTS) is 1. The van der Waals surface area contributed by atoms with Crippen LogP contribution in [0.15, 0.2) is 26.8 Å². The molecule has 0 fully saturated rings. The van der Waals surface area contributed by atoms with E-state index in [1.165, 1.54) is 22.7 Å². The predicted molar refractivity (Wildman–Crippen MR) is 163 cm³/mol. The number of halogens is 2. The molecule has 0 aliphatic carbocycles. The monoisotopic (exact) mass is 723 g/mol. The first kappa shape index (κ1) is 31.7. The van der Waals surface area contributed by atoms with Gasteiger partial charge in [-0.1, -0.05) is 13.8 Å². The Bertz CT molecular complexity index is 1840. The average molecular weight is 725 g/mol. The van der Waals surface area contributed by atoms with Gasteiger partial charge in [0.2, 0.25) is 0 Å². The van der Waals surface area contributed by atoms with Crippen molar-refractivity contribution in [3.05, 3.63) is 60.4 Å². The summed E-state index contributed by atoms with van der Waals surface area (Å²) in [4.78, 5) is 76.4. The Morgan fingerprint density at radius 3 is 1.62 bits per heavy atom. The summed E-state index contributed by atoms with van der Waals surface area (Å²) in [6.07, 6.45) is 0. The van der Waals surface area contributed by atoms with E-state index in [1.807, 2.05) is 0 Å². The molecule has 0 amide bonds. The van der Waals surface area contributed by atoms with Gasteiger partial charge in [-0.2, -0.15) is 0 Å². The fourth-order valence-electron chi connectivity index (χ4n) is 3.37. The number of H-pyrrole nitrogens is 2. The Hall–Kier alpha value is -2.82. The highest BCUT2D eigenvalue weighted by Gasteiger charge is 2.20. The summed E-state index contributed by atoms with van der Waals surface area (Å²) in [7, 11) is 0. The molecule has 4 aromatic heterocycles. The fraction of sp³-hybridized carbons (Fsp3) is 0.417. The molecule has 40 heavy (non-hydrogen) atoms. The van der Waals surface area contributed by atoms with Crippen LogP contribution in [0, 0.1) is 13.8 Å². The molecule has 12 nitrogen and oxygen atoms in total. The molecule has 0 spiro atoms. The lowest BCUT2D eigenvalue weighted by Crippen LogP contribution is -2.39. The zero-order valence-electron chi connectivity index (χ0n) is 23.4. The summed E-state index contributed by atoms with van der Waals surface area (Å²) in [5.74, 6) is -1.86. The van der Waals surface area contributed by atoms with E-state index in [0.717, 1.165) is 17.7 Å². The van der Waals surface area contributed by atoms with Gasteiger partial charge in [-0.05, 0) is 77.6 Å². The van der Waals surface area contributed by atoms with Crippen molar-refractivity contribution in [2.75, 3.05) is 0 Å². The van der Waals surface area contributed by atoms with Crippen LogP contribution in [0.5, 0.6) is 0 Å². The zero-order valence-corrected chi connectivity index (χ0v) is 27.2. The first-order valence-corrected chi connectivity index (χ1v) is 14.7. The van der Waals surface area contributed by atoms with Crippen LogP contribution < -0.4 is 22.5 Å². The molecule has 0 saturated heterocycles. The molecule has 16 heteroatoms. The van der Waals surface area contributed by atoms with Crippen molar-refractivity contribution in [1.82, 2.24) is 19.1 Å². The van der Waals surface area contributed by atoms with Crippen molar-refractivity contribution in [1.29, 1.82) is 0 Å². The lowest BCUT2D eigenvalue weighted by Gasteiger charge is -2.19. The number of nitrogens with one attached hydrogen (secondary N) is 2. The van der Waals surface area contributed by atoms with E-state index in [0.29, 0.717) is 37.5 Å². The van der Waals surface area contributed by atoms with Gasteiger partial charge in [-0.3, -0.25) is 29.1 Å². The maximum absolute atomic E-state index is 12.4. The van der Waals surface area contributed by atoms with Crippen LogP contribution in [0.3, 0.4) is 0 Å². The molecule has 4 rings (SSSR count). The lowest BCUT2D eigenvalue weighted by atomic mass is 10.2. The van der Waals surface area contributed by atoms with Crippen molar-refractivity contribution in [2.24, 2.45) is 0 Å². The van der Waals surface area contributed by atoms with Gasteiger partial charge in [0.25, 0.3) is 11.1 Å². The Kier molecular flexibility index (Phi) is 10.5. The Morgan fingerprint density at radius 2 is 1.27 bits per heavy atom. The number of aromatic amines is 2. The van der Waals surface area contributed by atoms with E-state index in [4.69, 9.17) is 11.2 Å². The van der Waals surface area contributed by atoms with E-state index >= 15 is 0 Å². The molecule has 0 aromatic carbocycles. The van der Waals surface area contributed by atoms with E-state index in [9.17, 15) is 28.8 Å². The molecule has 4 aromatic rings. The molecule has 0 radical (unpaired) electrons. The number of fused-ring (bicyclic) bond motifs is 2. The Balaban J connectivity index is 0.000000266. The summed E-state index contributed by atoms with van der Waals surface area (Å²) in [5.41, 5.74) is -1.62. The average Bonchev–Trinajstić information content (AvgIpc) is 3.27. The molecular formula is C24H28Br2N4O8S2. The number of aryl methyl sites for hydroxylation is 2. The number of ether oxygens (including phenoxy) is 1.